The van der Waals surface area contributed by atoms with Gasteiger partial charge in [0.05, 0.1) is 11.8 Å². The predicted molar refractivity (Wildman–Crippen MR) is 50.0 cm³/mol. The second-order valence-corrected chi connectivity index (χ2v) is 4.36. The molecule has 0 aromatic heterocycles. The van der Waals surface area contributed by atoms with Crippen molar-refractivity contribution in [3.63, 3.8) is 0 Å². The molecule has 2 unspecified atom stereocenters. The van der Waals surface area contributed by atoms with Crippen LogP contribution >= 0.6 is 0 Å². The van der Waals surface area contributed by atoms with Crippen molar-refractivity contribution in [2.45, 2.75) is 39.0 Å². The average Bonchev–Trinajstić information content (AvgIpc) is 2.02. The first-order valence-electron chi connectivity index (χ1n) is 4.91. The zero-order valence-corrected chi connectivity index (χ0v) is 8.32. The van der Waals surface area contributed by atoms with Crippen molar-refractivity contribution >= 4 is 11.9 Å². The molecule has 14 heavy (non-hydrogen) atoms. The molecule has 1 rings (SSSR count). The van der Waals surface area contributed by atoms with E-state index in [2.05, 4.69) is 0 Å². The predicted octanol–water partition coefficient (Wildman–Crippen LogP) is 1.74. The van der Waals surface area contributed by atoms with Crippen LogP contribution in [0.4, 0.5) is 0 Å². The Labute approximate surface area is 82.9 Å². The number of rotatable bonds is 3. The van der Waals surface area contributed by atoms with Gasteiger partial charge in [-0.05, 0) is 18.8 Å². The highest BCUT2D eigenvalue weighted by Crippen LogP contribution is 2.42. The van der Waals surface area contributed by atoms with Crippen molar-refractivity contribution in [3.8, 4) is 0 Å². The summed E-state index contributed by atoms with van der Waals surface area (Å²) in [6.45, 7) is 1.98. The Morgan fingerprint density at radius 2 is 2.07 bits per heavy atom. The smallest absolute Gasteiger partial charge is 0.310 e. The van der Waals surface area contributed by atoms with E-state index in [0.717, 1.165) is 12.8 Å². The van der Waals surface area contributed by atoms with Crippen LogP contribution in [0.25, 0.3) is 0 Å². The molecule has 0 heterocycles. The first-order valence-corrected chi connectivity index (χ1v) is 4.91. The number of hydrogen-bond acceptors (Lipinski definition) is 2. The normalized spacial score (nSPS) is 32.5. The SMILES string of the molecule is CC1CCCC(CC(=O)O)(C(=O)O)C1. The van der Waals surface area contributed by atoms with Crippen LogP contribution in [0.2, 0.25) is 0 Å². The highest BCUT2D eigenvalue weighted by atomic mass is 16.4. The topological polar surface area (TPSA) is 74.6 Å². The zero-order valence-electron chi connectivity index (χ0n) is 8.32. The van der Waals surface area contributed by atoms with Crippen molar-refractivity contribution in [1.82, 2.24) is 0 Å². The van der Waals surface area contributed by atoms with E-state index in [1.165, 1.54) is 0 Å². The number of aliphatic carboxylic acids is 2. The van der Waals surface area contributed by atoms with Gasteiger partial charge in [0, 0.05) is 0 Å². The fraction of sp³-hybridized carbons (Fsp3) is 0.800. The molecule has 0 spiro atoms. The van der Waals surface area contributed by atoms with Gasteiger partial charge in [0.15, 0.2) is 0 Å². The van der Waals surface area contributed by atoms with E-state index in [-0.39, 0.29) is 6.42 Å². The fourth-order valence-electron chi connectivity index (χ4n) is 2.38. The van der Waals surface area contributed by atoms with Gasteiger partial charge in [-0.25, -0.2) is 0 Å². The van der Waals surface area contributed by atoms with Crippen LogP contribution in [-0.4, -0.2) is 22.2 Å². The van der Waals surface area contributed by atoms with E-state index in [9.17, 15) is 9.59 Å². The molecular weight excluding hydrogens is 184 g/mol. The largest absolute Gasteiger partial charge is 0.481 e. The van der Waals surface area contributed by atoms with Crippen LogP contribution in [0.15, 0.2) is 0 Å². The lowest BCUT2D eigenvalue weighted by molar-refractivity contribution is -0.158. The van der Waals surface area contributed by atoms with Gasteiger partial charge in [-0.15, -0.1) is 0 Å². The molecular formula is C10H16O4. The molecule has 0 radical (unpaired) electrons. The van der Waals surface area contributed by atoms with E-state index in [1.54, 1.807) is 0 Å². The van der Waals surface area contributed by atoms with Gasteiger partial charge in [0.2, 0.25) is 0 Å². The number of carboxylic acids is 2. The monoisotopic (exact) mass is 200 g/mol. The third-order valence-corrected chi connectivity index (χ3v) is 3.03. The molecule has 0 saturated heterocycles. The van der Waals surface area contributed by atoms with E-state index in [0.29, 0.717) is 18.8 Å². The molecule has 1 aliphatic carbocycles. The number of carboxylic acid groups (broad SMARTS) is 2. The fourth-order valence-corrected chi connectivity index (χ4v) is 2.38. The molecule has 4 heteroatoms. The van der Waals surface area contributed by atoms with E-state index in [4.69, 9.17) is 10.2 Å². The molecule has 1 fully saturated rings. The van der Waals surface area contributed by atoms with Gasteiger partial charge in [0.25, 0.3) is 0 Å². The summed E-state index contributed by atoms with van der Waals surface area (Å²) < 4.78 is 0. The van der Waals surface area contributed by atoms with Crippen LogP contribution in [0.5, 0.6) is 0 Å². The highest BCUT2D eigenvalue weighted by Gasteiger charge is 2.43. The van der Waals surface area contributed by atoms with Gasteiger partial charge in [-0.1, -0.05) is 19.8 Å². The van der Waals surface area contributed by atoms with Crippen molar-refractivity contribution < 1.29 is 19.8 Å². The molecule has 2 N–H and O–H groups in total. The first kappa shape index (κ1) is 11.0. The summed E-state index contributed by atoms with van der Waals surface area (Å²) >= 11 is 0. The molecule has 4 nitrogen and oxygen atoms in total. The quantitative estimate of drug-likeness (QED) is 0.727. The Balaban J connectivity index is 2.80. The Hall–Kier alpha value is -1.06. The van der Waals surface area contributed by atoms with Gasteiger partial charge >= 0.3 is 11.9 Å². The molecule has 80 valence electrons. The molecule has 0 aliphatic heterocycles. The van der Waals surface area contributed by atoms with Crippen LogP contribution in [0.1, 0.15) is 39.0 Å². The van der Waals surface area contributed by atoms with Gasteiger partial charge in [0.1, 0.15) is 0 Å². The third-order valence-electron chi connectivity index (χ3n) is 3.03. The Morgan fingerprint density at radius 1 is 1.43 bits per heavy atom. The minimum atomic E-state index is -1.01. The van der Waals surface area contributed by atoms with Gasteiger partial charge in [-0.2, -0.15) is 0 Å². The number of carbonyl (C=O) groups is 2. The van der Waals surface area contributed by atoms with Crippen molar-refractivity contribution in [1.29, 1.82) is 0 Å². The minimum Gasteiger partial charge on any atom is -0.481 e. The molecule has 2 atom stereocenters. The summed E-state index contributed by atoms with van der Waals surface area (Å²) in [7, 11) is 0. The summed E-state index contributed by atoms with van der Waals surface area (Å²) in [6, 6.07) is 0. The second-order valence-electron chi connectivity index (χ2n) is 4.36. The molecule has 0 bridgehead atoms. The molecule has 0 aromatic rings. The van der Waals surface area contributed by atoms with Gasteiger partial charge < -0.3 is 10.2 Å². The highest BCUT2D eigenvalue weighted by molar-refractivity contribution is 5.81. The summed E-state index contributed by atoms with van der Waals surface area (Å²) in [5, 5.41) is 17.8. The number of hydrogen-bond donors (Lipinski definition) is 2. The van der Waals surface area contributed by atoms with Crippen LogP contribution in [-0.2, 0) is 9.59 Å². The summed E-state index contributed by atoms with van der Waals surface area (Å²) in [5.74, 6) is -1.65. The Morgan fingerprint density at radius 3 is 2.50 bits per heavy atom. The van der Waals surface area contributed by atoms with E-state index in [1.807, 2.05) is 6.92 Å². The van der Waals surface area contributed by atoms with E-state index >= 15 is 0 Å². The van der Waals surface area contributed by atoms with Crippen LogP contribution < -0.4 is 0 Å². The minimum absolute atomic E-state index is 0.243. The zero-order chi connectivity index (χ0) is 10.8. The standard InChI is InChI=1S/C10H16O4/c1-7-3-2-4-10(5-7,9(13)14)6-8(11)12/h7H,2-6H2,1H3,(H,11,12)(H,13,14). The first-order chi connectivity index (χ1) is 6.46. The maximum Gasteiger partial charge on any atom is 0.310 e. The Bertz CT molecular complexity index is 249. The van der Waals surface area contributed by atoms with Crippen molar-refractivity contribution in [3.05, 3.63) is 0 Å². The third kappa shape index (κ3) is 2.25. The molecule has 0 amide bonds. The van der Waals surface area contributed by atoms with Crippen LogP contribution in [0, 0.1) is 11.3 Å². The molecule has 0 aromatic carbocycles. The van der Waals surface area contributed by atoms with Crippen molar-refractivity contribution in [2.24, 2.45) is 11.3 Å². The maximum atomic E-state index is 11.1. The maximum absolute atomic E-state index is 11.1. The average molecular weight is 200 g/mol. The molecule has 1 aliphatic rings. The lowest BCUT2D eigenvalue weighted by Crippen LogP contribution is -2.37. The Kier molecular flexibility index (Phi) is 3.13. The lowest BCUT2D eigenvalue weighted by atomic mass is 9.68. The van der Waals surface area contributed by atoms with Crippen molar-refractivity contribution in [2.75, 3.05) is 0 Å². The molecule has 1 saturated carbocycles. The summed E-state index contributed by atoms with van der Waals surface area (Å²) in [4.78, 5) is 21.7. The summed E-state index contributed by atoms with van der Waals surface area (Å²) in [6.07, 6.45) is 2.58. The second kappa shape index (κ2) is 3.98. The van der Waals surface area contributed by atoms with E-state index < -0.39 is 17.4 Å². The van der Waals surface area contributed by atoms with Gasteiger partial charge in [-0.3, -0.25) is 9.59 Å². The lowest BCUT2D eigenvalue weighted by Gasteiger charge is -2.35. The van der Waals surface area contributed by atoms with Crippen LogP contribution in [0.3, 0.4) is 0 Å². The summed E-state index contributed by atoms with van der Waals surface area (Å²) in [5.41, 5.74) is -1.01.